The number of para-hydroxylation sites is 1. The Morgan fingerprint density at radius 2 is 0.930 bits per heavy atom. The van der Waals surface area contributed by atoms with Crippen LogP contribution in [0.4, 0.5) is 17.1 Å². The van der Waals surface area contributed by atoms with E-state index in [0.717, 1.165) is 55.7 Å². The van der Waals surface area contributed by atoms with Gasteiger partial charge in [-0.3, -0.25) is 0 Å². The van der Waals surface area contributed by atoms with E-state index >= 15 is 0 Å². The van der Waals surface area contributed by atoms with Gasteiger partial charge >= 0.3 is 0 Å². The van der Waals surface area contributed by atoms with Crippen molar-refractivity contribution in [1.82, 2.24) is 15.0 Å². The number of benzene rings is 8. The Hall–Kier alpha value is -7.41. The number of thiophene rings is 1. The number of aromatic nitrogens is 3. The maximum absolute atomic E-state index is 6.67. The summed E-state index contributed by atoms with van der Waals surface area (Å²) >= 11 is 1.80. The zero-order chi connectivity index (χ0) is 37.7. The van der Waals surface area contributed by atoms with Crippen molar-refractivity contribution in [1.29, 1.82) is 0 Å². The van der Waals surface area contributed by atoms with E-state index in [4.69, 9.17) is 19.4 Å². The Balaban J connectivity index is 1.04. The molecule has 0 radical (unpaired) electrons. The van der Waals surface area contributed by atoms with Crippen LogP contribution >= 0.6 is 11.3 Å². The van der Waals surface area contributed by atoms with Crippen LogP contribution in [-0.2, 0) is 0 Å². The molecule has 0 aliphatic carbocycles. The first kappa shape index (κ1) is 33.0. The van der Waals surface area contributed by atoms with Gasteiger partial charge in [0.1, 0.15) is 11.2 Å². The molecule has 0 fully saturated rings. The molecule has 0 atom stereocenters. The molecule has 11 aromatic rings. The molecular weight excluding hydrogens is 717 g/mol. The third kappa shape index (κ3) is 5.91. The summed E-state index contributed by atoms with van der Waals surface area (Å²) in [5, 5.41) is 4.49. The minimum Gasteiger partial charge on any atom is -0.456 e. The van der Waals surface area contributed by atoms with Crippen molar-refractivity contribution in [3.05, 3.63) is 194 Å². The van der Waals surface area contributed by atoms with Crippen molar-refractivity contribution in [3.63, 3.8) is 0 Å². The van der Waals surface area contributed by atoms with Crippen molar-refractivity contribution >= 4 is 70.5 Å². The Labute approximate surface area is 332 Å². The molecule has 5 nitrogen and oxygen atoms in total. The highest BCUT2D eigenvalue weighted by Crippen LogP contribution is 2.44. The van der Waals surface area contributed by atoms with E-state index in [0.29, 0.717) is 17.5 Å². The molecule has 0 saturated heterocycles. The van der Waals surface area contributed by atoms with Crippen LogP contribution in [0.2, 0.25) is 0 Å². The predicted molar refractivity (Wildman–Crippen MR) is 236 cm³/mol. The van der Waals surface area contributed by atoms with Crippen LogP contribution in [0.15, 0.2) is 199 Å². The van der Waals surface area contributed by atoms with E-state index in [1.54, 1.807) is 11.3 Å². The first-order chi connectivity index (χ1) is 28.2. The van der Waals surface area contributed by atoms with Crippen molar-refractivity contribution in [2.24, 2.45) is 0 Å². The molecule has 0 N–H and O–H groups in total. The van der Waals surface area contributed by atoms with Gasteiger partial charge in [-0.25, -0.2) is 15.0 Å². The summed E-state index contributed by atoms with van der Waals surface area (Å²) in [6, 6.07) is 67.4. The number of rotatable bonds is 7. The average Bonchev–Trinajstić information content (AvgIpc) is 3.86. The summed E-state index contributed by atoms with van der Waals surface area (Å²) in [6.07, 6.45) is 0. The lowest BCUT2D eigenvalue weighted by Gasteiger charge is -2.26. The lowest BCUT2D eigenvalue weighted by Crippen LogP contribution is -2.10. The van der Waals surface area contributed by atoms with Gasteiger partial charge in [-0.2, -0.15) is 0 Å². The van der Waals surface area contributed by atoms with Crippen LogP contribution in [0.1, 0.15) is 0 Å². The molecule has 0 amide bonds. The van der Waals surface area contributed by atoms with Crippen LogP contribution in [0.5, 0.6) is 0 Å². The minimum atomic E-state index is 0.584. The molecule has 3 aromatic heterocycles. The van der Waals surface area contributed by atoms with Gasteiger partial charge in [0.2, 0.25) is 0 Å². The number of hydrogen-bond acceptors (Lipinski definition) is 6. The van der Waals surface area contributed by atoms with E-state index < -0.39 is 0 Å². The van der Waals surface area contributed by atoms with E-state index in [9.17, 15) is 0 Å². The molecule has 0 unspecified atom stereocenters. The van der Waals surface area contributed by atoms with Gasteiger partial charge in [0, 0.05) is 53.6 Å². The van der Waals surface area contributed by atoms with Gasteiger partial charge in [-0.15, -0.1) is 11.3 Å². The monoisotopic (exact) mass is 748 g/mol. The zero-order valence-electron chi connectivity index (χ0n) is 30.6. The van der Waals surface area contributed by atoms with Gasteiger partial charge < -0.3 is 9.32 Å². The van der Waals surface area contributed by atoms with Crippen LogP contribution < -0.4 is 4.90 Å². The summed E-state index contributed by atoms with van der Waals surface area (Å²) < 4.78 is 9.17. The van der Waals surface area contributed by atoms with Gasteiger partial charge in [-0.05, 0) is 83.9 Å². The molecule has 0 saturated carbocycles. The first-order valence-corrected chi connectivity index (χ1v) is 19.7. The Morgan fingerprint density at radius 3 is 1.68 bits per heavy atom. The zero-order valence-corrected chi connectivity index (χ0v) is 31.4. The largest absolute Gasteiger partial charge is 0.456 e. The number of nitrogens with zero attached hydrogens (tertiary/aromatic N) is 4. The number of anilines is 3. The highest BCUT2D eigenvalue weighted by Gasteiger charge is 2.21. The van der Waals surface area contributed by atoms with E-state index in [1.165, 1.54) is 31.3 Å². The molecule has 6 heteroatoms. The summed E-state index contributed by atoms with van der Waals surface area (Å²) in [6.45, 7) is 0. The van der Waals surface area contributed by atoms with Gasteiger partial charge in [-0.1, -0.05) is 121 Å². The smallest absolute Gasteiger partial charge is 0.164 e. The number of hydrogen-bond donors (Lipinski definition) is 0. The molecular formula is C51H32N4OS. The van der Waals surface area contributed by atoms with Gasteiger partial charge in [0.15, 0.2) is 17.5 Å². The van der Waals surface area contributed by atoms with Crippen molar-refractivity contribution in [2.45, 2.75) is 0 Å². The van der Waals surface area contributed by atoms with E-state index in [1.807, 2.05) is 48.5 Å². The molecule has 57 heavy (non-hydrogen) atoms. The molecule has 268 valence electrons. The molecule has 0 aliphatic rings. The third-order valence-corrected chi connectivity index (χ3v) is 11.7. The molecule has 0 bridgehead atoms. The second kappa shape index (κ2) is 13.7. The summed E-state index contributed by atoms with van der Waals surface area (Å²) in [7, 11) is 0. The fraction of sp³-hybridized carbons (Fsp3) is 0. The molecule has 11 rings (SSSR count). The lowest BCUT2D eigenvalue weighted by molar-refractivity contribution is 0.669. The normalized spacial score (nSPS) is 11.5. The van der Waals surface area contributed by atoms with Crippen LogP contribution in [0.3, 0.4) is 0 Å². The Bertz CT molecular complexity index is 3230. The van der Waals surface area contributed by atoms with E-state index in [-0.39, 0.29) is 0 Å². The lowest BCUT2D eigenvalue weighted by atomic mass is 10.0. The summed E-state index contributed by atoms with van der Waals surface area (Å²) in [4.78, 5) is 17.5. The topological polar surface area (TPSA) is 55.1 Å². The van der Waals surface area contributed by atoms with Gasteiger partial charge in [0.05, 0.1) is 11.1 Å². The highest BCUT2D eigenvalue weighted by atomic mass is 32.1. The average molecular weight is 749 g/mol. The van der Waals surface area contributed by atoms with Crippen LogP contribution in [0, 0.1) is 0 Å². The van der Waals surface area contributed by atoms with E-state index in [2.05, 4.69) is 150 Å². The fourth-order valence-electron chi connectivity index (χ4n) is 7.79. The standard InChI is InChI=1S/C51H32N4OS/c1-4-13-33(14-5-1)34-23-27-39(28-24-34)55(38-17-8-3-9-18-38)43-20-12-21-44-48(43)41-29-25-37(32-45(41)56-44)51-53-49(35-15-6-2-7-16-35)52-50(54-51)36-26-30-47-42(31-36)40-19-10-11-22-46(40)57-47/h1-32H. The first-order valence-electron chi connectivity index (χ1n) is 18.9. The maximum atomic E-state index is 6.67. The Kier molecular flexibility index (Phi) is 7.93. The second-order valence-corrected chi connectivity index (χ2v) is 15.1. The predicted octanol–water partition coefficient (Wildman–Crippen LogP) is 14.3. The highest BCUT2D eigenvalue weighted by molar-refractivity contribution is 7.25. The summed E-state index contributed by atoms with van der Waals surface area (Å²) in [5.74, 6) is 1.83. The maximum Gasteiger partial charge on any atom is 0.164 e. The third-order valence-electron chi connectivity index (χ3n) is 10.5. The fourth-order valence-corrected chi connectivity index (χ4v) is 8.87. The quantitative estimate of drug-likeness (QED) is 0.162. The Morgan fingerprint density at radius 1 is 0.368 bits per heavy atom. The summed E-state index contributed by atoms with van der Waals surface area (Å²) in [5.41, 5.74) is 9.79. The molecule has 8 aromatic carbocycles. The molecule has 0 aliphatic heterocycles. The van der Waals surface area contributed by atoms with Crippen LogP contribution in [-0.4, -0.2) is 15.0 Å². The van der Waals surface area contributed by atoms with Crippen molar-refractivity contribution in [2.75, 3.05) is 4.90 Å². The van der Waals surface area contributed by atoms with Crippen molar-refractivity contribution < 1.29 is 4.42 Å². The number of furan rings is 1. The molecule has 0 spiro atoms. The molecule has 3 heterocycles. The second-order valence-electron chi connectivity index (χ2n) is 14.0. The SMILES string of the molecule is c1ccc(-c2ccc(N(c3ccccc3)c3cccc4oc5cc(-c6nc(-c7ccccc7)nc(-c7ccc8sc9ccccc9c8c7)n6)ccc5c34)cc2)cc1. The minimum absolute atomic E-state index is 0.584. The van der Waals surface area contributed by atoms with Crippen LogP contribution in [0.25, 0.3) is 87.4 Å². The van der Waals surface area contributed by atoms with Gasteiger partial charge in [0.25, 0.3) is 0 Å². The van der Waals surface area contributed by atoms with Crippen molar-refractivity contribution in [3.8, 4) is 45.3 Å². The number of fused-ring (bicyclic) bond motifs is 6.